The topological polar surface area (TPSA) is 77.1 Å². The molecule has 2 aromatic carbocycles. The van der Waals surface area contributed by atoms with E-state index in [0.717, 1.165) is 16.2 Å². The molecule has 2 aliphatic heterocycles. The molecule has 2 heterocycles. The van der Waals surface area contributed by atoms with E-state index in [1.165, 1.54) is 0 Å². The van der Waals surface area contributed by atoms with Crippen molar-refractivity contribution in [2.24, 2.45) is 0 Å². The number of fused-ring (bicyclic) bond motifs is 1. The second kappa shape index (κ2) is 8.58. The van der Waals surface area contributed by atoms with E-state index in [-0.39, 0.29) is 11.9 Å². The van der Waals surface area contributed by atoms with E-state index >= 15 is 0 Å². The molecule has 0 aromatic heterocycles. The number of hydrogen-bond donors (Lipinski definition) is 1. The smallest absolute Gasteiger partial charge is 0.444 e. The van der Waals surface area contributed by atoms with E-state index in [1.54, 1.807) is 4.90 Å². The summed E-state index contributed by atoms with van der Waals surface area (Å²) in [5.41, 5.74) is 0.0963. The van der Waals surface area contributed by atoms with Gasteiger partial charge in [-0.25, -0.2) is 4.79 Å². The summed E-state index contributed by atoms with van der Waals surface area (Å²) in [6.07, 6.45) is 0.235. The zero-order valence-electron chi connectivity index (χ0n) is 21.2. The highest BCUT2D eigenvalue weighted by Gasteiger charge is 2.52. The molecule has 4 rings (SSSR count). The van der Waals surface area contributed by atoms with Crippen LogP contribution >= 0.6 is 0 Å². The van der Waals surface area contributed by atoms with Crippen LogP contribution in [0.4, 0.5) is 4.79 Å². The fraction of sp³-hybridized carbons (Fsp3) is 0.538. The maximum Gasteiger partial charge on any atom is 0.495 e. The molecule has 7 nitrogen and oxygen atoms in total. The number of rotatable bonds is 3. The SMILES string of the molecule is CC(C)(C)OC(=O)NC1CCN(C(=O)c2cccc3c(B4OC(C)(C)C(C)(C)O4)cccc23)C1. The lowest BCUT2D eigenvalue weighted by atomic mass is 9.75. The lowest BCUT2D eigenvalue weighted by Crippen LogP contribution is -2.41. The molecular formula is C26H35BN2O5. The minimum atomic E-state index is -0.559. The van der Waals surface area contributed by atoms with E-state index in [2.05, 4.69) is 5.32 Å². The number of carbonyl (C=O) groups is 2. The minimum absolute atomic E-state index is 0.0508. The Balaban J connectivity index is 1.54. The lowest BCUT2D eigenvalue weighted by molar-refractivity contribution is 0.00578. The van der Waals surface area contributed by atoms with Gasteiger partial charge in [0.1, 0.15) is 5.60 Å². The molecule has 182 valence electrons. The molecule has 0 bridgehead atoms. The predicted molar refractivity (Wildman–Crippen MR) is 133 cm³/mol. The van der Waals surface area contributed by atoms with Gasteiger partial charge < -0.3 is 24.3 Å². The zero-order chi connectivity index (χ0) is 24.9. The summed E-state index contributed by atoms with van der Waals surface area (Å²) >= 11 is 0. The second-order valence-corrected chi connectivity index (χ2v) is 11.2. The minimum Gasteiger partial charge on any atom is -0.444 e. The summed E-state index contributed by atoms with van der Waals surface area (Å²) < 4.78 is 17.9. The quantitative estimate of drug-likeness (QED) is 0.695. The van der Waals surface area contributed by atoms with E-state index in [0.29, 0.717) is 25.1 Å². The number of benzene rings is 2. The maximum atomic E-state index is 13.5. The molecule has 0 radical (unpaired) electrons. The normalized spacial score (nSPS) is 21.7. The molecule has 0 aliphatic carbocycles. The van der Waals surface area contributed by atoms with Crippen LogP contribution in [0.3, 0.4) is 0 Å². The predicted octanol–water partition coefficient (Wildman–Crippen LogP) is 3.88. The summed E-state index contributed by atoms with van der Waals surface area (Å²) in [6, 6.07) is 11.5. The van der Waals surface area contributed by atoms with Crippen molar-refractivity contribution >= 4 is 35.4 Å². The molecular weight excluding hydrogens is 431 g/mol. The number of ether oxygens (including phenoxy) is 1. The number of nitrogens with one attached hydrogen (secondary N) is 1. The Kier molecular flexibility index (Phi) is 6.19. The Hall–Kier alpha value is -2.58. The molecule has 2 amide bonds. The molecule has 2 aliphatic rings. The van der Waals surface area contributed by atoms with Gasteiger partial charge in [0.25, 0.3) is 5.91 Å². The van der Waals surface area contributed by atoms with Gasteiger partial charge in [-0.05, 0) is 77.2 Å². The first-order valence-electron chi connectivity index (χ1n) is 11.9. The van der Waals surface area contributed by atoms with Crippen LogP contribution in [0.5, 0.6) is 0 Å². The van der Waals surface area contributed by atoms with Crippen LogP contribution in [0.15, 0.2) is 36.4 Å². The molecule has 8 heteroatoms. The average molecular weight is 466 g/mol. The van der Waals surface area contributed by atoms with Crippen molar-refractivity contribution in [2.45, 2.75) is 77.7 Å². The highest BCUT2D eigenvalue weighted by atomic mass is 16.7. The van der Waals surface area contributed by atoms with Crippen molar-refractivity contribution in [3.8, 4) is 0 Å². The number of alkyl carbamates (subject to hydrolysis) is 1. The summed E-state index contributed by atoms with van der Waals surface area (Å²) in [7, 11) is -0.506. The van der Waals surface area contributed by atoms with Crippen LogP contribution in [0.1, 0.15) is 65.2 Å². The van der Waals surface area contributed by atoms with Gasteiger partial charge in [-0.15, -0.1) is 0 Å². The third-order valence-corrected chi connectivity index (χ3v) is 6.89. The Morgan fingerprint density at radius 3 is 2.29 bits per heavy atom. The highest BCUT2D eigenvalue weighted by Crippen LogP contribution is 2.37. The van der Waals surface area contributed by atoms with Crippen LogP contribution in [0.25, 0.3) is 10.8 Å². The molecule has 0 spiro atoms. The third-order valence-electron chi connectivity index (χ3n) is 6.89. The molecule has 34 heavy (non-hydrogen) atoms. The van der Waals surface area contributed by atoms with Gasteiger partial charge >= 0.3 is 13.2 Å². The van der Waals surface area contributed by atoms with Crippen LogP contribution in [0, 0.1) is 0 Å². The van der Waals surface area contributed by atoms with Gasteiger partial charge in [0, 0.05) is 18.7 Å². The first-order chi connectivity index (χ1) is 15.8. The zero-order valence-corrected chi connectivity index (χ0v) is 21.2. The maximum absolute atomic E-state index is 13.5. The van der Waals surface area contributed by atoms with E-state index in [4.69, 9.17) is 14.0 Å². The monoisotopic (exact) mass is 466 g/mol. The standard InChI is InChI=1S/C26H35BN2O5/c1-24(2,3)32-23(31)28-17-14-15-29(16-17)22(30)20-12-8-11-19-18(20)10-9-13-21(19)27-33-25(4,5)26(6,7)34-27/h8-13,17H,14-16H2,1-7H3,(H,28,31). The van der Waals surface area contributed by atoms with Gasteiger partial charge in [-0.1, -0.05) is 30.3 Å². The van der Waals surface area contributed by atoms with Crippen molar-refractivity contribution in [1.29, 1.82) is 0 Å². The van der Waals surface area contributed by atoms with Crippen LogP contribution in [0.2, 0.25) is 0 Å². The second-order valence-electron chi connectivity index (χ2n) is 11.2. The molecule has 1 atom stereocenters. The van der Waals surface area contributed by atoms with Crippen molar-refractivity contribution in [3.63, 3.8) is 0 Å². The molecule has 2 fully saturated rings. The highest BCUT2D eigenvalue weighted by molar-refractivity contribution is 6.65. The molecule has 1 N–H and O–H groups in total. The Labute approximate surface area is 202 Å². The van der Waals surface area contributed by atoms with E-state index in [1.807, 2.05) is 84.9 Å². The fourth-order valence-electron chi connectivity index (χ4n) is 4.40. The third kappa shape index (κ3) is 4.79. The molecule has 2 saturated heterocycles. The van der Waals surface area contributed by atoms with Gasteiger partial charge in [-0.2, -0.15) is 0 Å². The van der Waals surface area contributed by atoms with Crippen molar-refractivity contribution in [3.05, 3.63) is 42.0 Å². The lowest BCUT2D eigenvalue weighted by Gasteiger charge is -2.32. The first-order valence-corrected chi connectivity index (χ1v) is 11.9. The van der Waals surface area contributed by atoms with Crippen LogP contribution in [-0.2, 0) is 14.0 Å². The Bertz CT molecular complexity index is 1090. The van der Waals surface area contributed by atoms with Gasteiger partial charge in [0.15, 0.2) is 0 Å². The van der Waals surface area contributed by atoms with Crippen LogP contribution < -0.4 is 10.8 Å². The fourth-order valence-corrected chi connectivity index (χ4v) is 4.40. The Morgan fingerprint density at radius 1 is 1.03 bits per heavy atom. The Morgan fingerprint density at radius 2 is 1.65 bits per heavy atom. The number of carbonyl (C=O) groups excluding carboxylic acids is 2. The van der Waals surface area contributed by atoms with E-state index < -0.39 is 30.0 Å². The molecule has 2 aromatic rings. The number of amides is 2. The van der Waals surface area contributed by atoms with Crippen molar-refractivity contribution < 1.29 is 23.6 Å². The first kappa shape index (κ1) is 24.5. The van der Waals surface area contributed by atoms with Crippen LogP contribution in [-0.4, -0.2) is 60.0 Å². The van der Waals surface area contributed by atoms with Gasteiger partial charge in [0.05, 0.1) is 17.2 Å². The molecule has 1 unspecified atom stereocenters. The van der Waals surface area contributed by atoms with Crippen molar-refractivity contribution in [1.82, 2.24) is 10.2 Å². The average Bonchev–Trinajstić information content (AvgIpc) is 3.26. The van der Waals surface area contributed by atoms with Crippen molar-refractivity contribution in [2.75, 3.05) is 13.1 Å². The summed E-state index contributed by atoms with van der Waals surface area (Å²) in [5.74, 6) is -0.0508. The summed E-state index contributed by atoms with van der Waals surface area (Å²) in [5, 5.41) is 4.69. The number of likely N-dealkylation sites (tertiary alicyclic amines) is 1. The van der Waals surface area contributed by atoms with Gasteiger partial charge in [-0.3, -0.25) is 4.79 Å². The summed E-state index contributed by atoms with van der Waals surface area (Å²) in [4.78, 5) is 27.4. The number of hydrogen-bond acceptors (Lipinski definition) is 5. The largest absolute Gasteiger partial charge is 0.495 e. The number of nitrogens with zero attached hydrogens (tertiary/aromatic N) is 1. The van der Waals surface area contributed by atoms with Gasteiger partial charge in [0.2, 0.25) is 0 Å². The molecule has 0 saturated carbocycles. The van der Waals surface area contributed by atoms with E-state index in [9.17, 15) is 9.59 Å². The summed E-state index contributed by atoms with van der Waals surface area (Å²) in [6.45, 7) is 14.6.